The molecule has 0 atom stereocenters. The fourth-order valence-electron chi connectivity index (χ4n) is 2.86. The van der Waals surface area contributed by atoms with Crippen molar-refractivity contribution in [2.45, 2.75) is 26.2 Å². The second-order valence-corrected chi connectivity index (χ2v) is 7.78. The van der Waals surface area contributed by atoms with Gasteiger partial charge in [0.05, 0.1) is 15.9 Å². The van der Waals surface area contributed by atoms with Gasteiger partial charge in [0, 0.05) is 19.2 Å². The van der Waals surface area contributed by atoms with Crippen molar-refractivity contribution in [2.75, 3.05) is 27.7 Å². The van der Waals surface area contributed by atoms with Crippen molar-refractivity contribution in [3.8, 4) is 0 Å². The zero-order valence-electron chi connectivity index (χ0n) is 15.5. The lowest BCUT2D eigenvalue weighted by Crippen LogP contribution is -2.27. The number of rotatable bonds is 6. The lowest BCUT2D eigenvalue weighted by atomic mass is 10.1. The summed E-state index contributed by atoms with van der Waals surface area (Å²) in [4.78, 5) is 14.0. The molecule has 0 bridgehead atoms. The van der Waals surface area contributed by atoms with Crippen LogP contribution in [0, 0.1) is 0 Å². The highest BCUT2D eigenvalue weighted by molar-refractivity contribution is 7.19. The van der Waals surface area contributed by atoms with Crippen LogP contribution in [0.5, 0.6) is 0 Å². The molecule has 0 unspecified atom stereocenters. The Morgan fingerprint density at radius 3 is 2.76 bits per heavy atom. The lowest BCUT2D eigenvalue weighted by Gasteiger charge is -2.26. The second-order valence-electron chi connectivity index (χ2n) is 6.72. The van der Waals surface area contributed by atoms with Crippen LogP contribution < -0.4 is 0 Å². The Hall–Kier alpha value is -1.98. The summed E-state index contributed by atoms with van der Waals surface area (Å²) in [5.41, 5.74) is 3.28. The molecule has 0 radical (unpaired) electrons. The third-order valence-electron chi connectivity index (χ3n) is 4.37. The molecule has 1 aliphatic heterocycles. The number of hydrogen-bond donors (Lipinski definition) is 0. The van der Waals surface area contributed by atoms with Crippen molar-refractivity contribution >= 4 is 33.5 Å². The van der Waals surface area contributed by atoms with E-state index in [1.807, 2.05) is 6.07 Å². The fraction of sp³-hybridized carbons (Fsp3) is 0.400. The highest BCUT2D eigenvalue weighted by atomic mass is 32.1. The molecular formula is C20H26N4S. The molecule has 0 saturated carbocycles. The van der Waals surface area contributed by atoms with Gasteiger partial charge in [-0.1, -0.05) is 12.1 Å². The number of para-hydroxylation sites is 1. The van der Waals surface area contributed by atoms with Crippen LogP contribution in [-0.4, -0.2) is 48.3 Å². The monoisotopic (exact) mass is 354 g/mol. The van der Waals surface area contributed by atoms with E-state index < -0.39 is 0 Å². The van der Waals surface area contributed by atoms with E-state index in [4.69, 9.17) is 9.98 Å². The Balaban J connectivity index is 1.77. The molecule has 1 aromatic carbocycles. The van der Waals surface area contributed by atoms with Gasteiger partial charge in [-0.3, -0.25) is 0 Å². The van der Waals surface area contributed by atoms with Crippen LogP contribution >= 0.6 is 11.3 Å². The SMILES string of the molecule is CC1=C/C(=C/c2nc3ccccc3s2)N=C(CCCCN(C)C)N1C. The number of fused-ring (bicyclic) bond motifs is 1. The van der Waals surface area contributed by atoms with Crippen LogP contribution in [0.25, 0.3) is 16.3 Å². The van der Waals surface area contributed by atoms with E-state index in [0.717, 1.165) is 41.4 Å². The molecule has 25 heavy (non-hydrogen) atoms. The molecule has 0 spiro atoms. The molecular weight excluding hydrogens is 328 g/mol. The Bertz CT molecular complexity index is 796. The Labute approximate surface area is 154 Å². The second kappa shape index (κ2) is 7.93. The number of allylic oxidation sites excluding steroid dienone is 2. The first-order chi connectivity index (χ1) is 12.0. The smallest absolute Gasteiger partial charge is 0.119 e. The summed E-state index contributed by atoms with van der Waals surface area (Å²) in [5.74, 6) is 1.14. The van der Waals surface area contributed by atoms with Crippen LogP contribution in [0.4, 0.5) is 0 Å². The van der Waals surface area contributed by atoms with Gasteiger partial charge in [-0.25, -0.2) is 9.98 Å². The molecule has 0 amide bonds. The summed E-state index contributed by atoms with van der Waals surface area (Å²) in [7, 11) is 6.34. The molecule has 0 fully saturated rings. The minimum atomic E-state index is 0.997. The van der Waals surface area contributed by atoms with Crippen LogP contribution in [0.3, 0.4) is 0 Å². The average Bonchev–Trinajstić information content (AvgIpc) is 2.97. The number of aliphatic imine (C=N–C) groups is 1. The third-order valence-corrected chi connectivity index (χ3v) is 5.35. The summed E-state index contributed by atoms with van der Waals surface area (Å²) in [6, 6.07) is 8.26. The number of thiazole rings is 1. The summed E-state index contributed by atoms with van der Waals surface area (Å²) in [5, 5.41) is 1.01. The Morgan fingerprint density at radius 2 is 2.00 bits per heavy atom. The summed E-state index contributed by atoms with van der Waals surface area (Å²) in [6.07, 6.45) is 7.59. The van der Waals surface area contributed by atoms with Crippen molar-refractivity contribution in [1.29, 1.82) is 0 Å². The van der Waals surface area contributed by atoms with Crippen molar-refractivity contribution in [1.82, 2.24) is 14.8 Å². The van der Waals surface area contributed by atoms with E-state index in [9.17, 15) is 0 Å². The molecule has 3 rings (SSSR count). The number of aromatic nitrogens is 1. The molecule has 1 aliphatic rings. The quantitative estimate of drug-likeness (QED) is 0.710. The number of benzene rings is 1. The first kappa shape index (κ1) is 17.8. The molecule has 0 aliphatic carbocycles. The van der Waals surface area contributed by atoms with Crippen LogP contribution in [0.15, 0.2) is 46.7 Å². The number of unbranched alkanes of at least 4 members (excludes halogenated alkanes) is 1. The van der Waals surface area contributed by atoms with Gasteiger partial charge in [-0.05, 0) is 64.7 Å². The zero-order chi connectivity index (χ0) is 17.8. The maximum atomic E-state index is 4.88. The third kappa shape index (κ3) is 4.55. The molecule has 5 heteroatoms. The van der Waals surface area contributed by atoms with Crippen LogP contribution in [0.1, 0.15) is 31.2 Å². The number of nitrogens with zero attached hydrogens (tertiary/aromatic N) is 4. The van der Waals surface area contributed by atoms with Gasteiger partial charge in [0.2, 0.25) is 0 Å². The molecule has 0 saturated heterocycles. The van der Waals surface area contributed by atoms with Crippen LogP contribution in [0.2, 0.25) is 0 Å². The van der Waals surface area contributed by atoms with Crippen molar-refractivity contribution in [3.63, 3.8) is 0 Å². The summed E-state index contributed by atoms with van der Waals surface area (Å²) >= 11 is 1.71. The maximum absolute atomic E-state index is 4.88. The molecule has 1 aromatic heterocycles. The minimum Gasteiger partial charge on any atom is -0.337 e. The van der Waals surface area contributed by atoms with Gasteiger partial charge < -0.3 is 9.80 Å². The van der Waals surface area contributed by atoms with E-state index in [1.165, 1.54) is 16.8 Å². The van der Waals surface area contributed by atoms with Gasteiger partial charge >= 0.3 is 0 Å². The van der Waals surface area contributed by atoms with E-state index in [1.54, 1.807) is 11.3 Å². The number of amidine groups is 1. The molecule has 2 aromatic rings. The van der Waals surface area contributed by atoms with Crippen molar-refractivity contribution in [3.05, 3.63) is 46.7 Å². The largest absolute Gasteiger partial charge is 0.337 e. The predicted octanol–water partition coefficient (Wildman–Crippen LogP) is 4.62. The van der Waals surface area contributed by atoms with E-state index in [0.29, 0.717) is 0 Å². The molecule has 0 N–H and O–H groups in total. The molecule has 2 heterocycles. The highest BCUT2D eigenvalue weighted by Gasteiger charge is 2.14. The Morgan fingerprint density at radius 1 is 1.20 bits per heavy atom. The molecule has 4 nitrogen and oxygen atoms in total. The van der Waals surface area contributed by atoms with Gasteiger partial charge in [-0.2, -0.15) is 0 Å². The van der Waals surface area contributed by atoms with Crippen molar-refractivity contribution < 1.29 is 0 Å². The number of hydrogen-bond acceptors (Lipinski definition) is 5. The highest BCUT2D eigenvalue weighted by Crippen LogP contribution is 2.26. The first-order valence-corrected chi connectivity index (χ1v) is 9.56. The summed E-state index contributed by atoms with van der Waals surface area (Å²) in [6.45, 7) is 3.26. The molecule has 132 valence electrons. The standard InChI is InChI=1S/C20H26N4S/c1-15-13-16(14-20-22-17-9-5-6-10-18(17)25-20)21-19(24(15)4)11-7-8-12-23(2)3/h5-6,9-10,13-14H,7-8,11-12H2,1-4H3/b16-14-. The zero-order valence-corrected chi connectivity index (χ0v) is 16.3. The van der Waals surface area contributed by atoms with Gasteiger partial charge in [0.25, 0.3) is 0 Å². The lowest BCUT2D eigenvalue weighted by molar-refractivity contribution is 0.394. The fourth-order valence-corrected chi connectivity index (χ4v) is 3.77. The predicted molar refractivity (Wildman–Crippen MR) is 109 cm³/mol. The van der Waals surface area contributed by atoms with Crippen LogP contribution in [-0.2, 0) is 0 Å². The minimum absolute atomic E-state index is 0.997. The van der Waals surface area contributed by atoms with Crippen molar-refractivity contribution in [2.24, 2.45) is 4.99 Å². The van der Waals surface area contributed by atoms with Gasteiger partial charge in [0.15, 0.2) is 0 Å². The normalized spacial score (nSPS) is 16.7. The maximum Gasteiger partial charge on any atom is 0.119 e. The van der Waals surface area contributed by atoms with Gasteiger partial charge in [-0.15, -0.1) is 11.3 Å². The average molecular weight is 355 g/mol. The van der Waals surface area contributed by atoms with E-state index in [2.05, 4.69) is 68.2 Å². The van der Waals surface area contributed by atoms with E-state index in [-0.39, 0.29) is 0 Å². The summed E-state index contributed by atoms with van der Waals surface area (Å²) < 4.78 is 1.22. The van der Waals surface area contributed by atoms with Gasteiger partial charge in [0.1, 0.15) is 10.8 Å². The Kier molecular flexibility index (Phi) is 5.66. The van der Waals surface area contributed by atoms with E-state index >= 15 is 0 Å². The topological polar surface area (TPSA) is 31.7 Å². The first-order valence-electron chi connectivity index (χ1n) is 8.74.